The van der Waals surface area contributed by atoms with Crippen LogP contribution in [0.5, 0.6) is 0 Å². The molecule has 0 radical (unpaired) electrons. The number of aromatic nitrogens is 2. The van der Waals surface area contributed by atoms with E-state index in [1.165, 1.54) is 17.0 Å². The lowest BCUT2D eigenvalue weighted by Gasteiger charge is -2.18. The number of imide groups is 1. The van der Waals surface area contributed by atoms with Gasteiger partial charge in [0.2, 0.25) is 5.82 Å². The molecular weight excluding hydrogens is 363 g/mol. The molecule has 0 spiro atoms. The minimum absolute atomic E-state index is 0.0414. The van der Waals surface area contributed by atoms with Gasteiger partial charge in [-0.15, -0.1) is 0 Å². The Bertz CT molecular complexity index is 998. The van der Waals surface area contributed by atoms with E-state index in [4.69, 9.17) is 4.52 Å². The molecule has 0 saturated heterocycles. The molecule has 0 aliphatic carbocycles. The first-order valence-electron chi connectivity index (χ1n) is 8.82. The number of hydrogen-bond donors (Lipinski definition) is 1. The Labute approximate surface area is 161 Å². The van der Waals surface area contributed by atoms with Gasteiger partial charge in [-0.25, -0.2) is 9.18 Å². The summed E-state index contributed by atoms with van der Waals surface area (Å²) in [6.45, 7) is 4.66. The summed E-state index contributed by atoms with van der Waals surface area (Å²) >= 11 is 0. The third-order valence-electron chi connectivity index (χ3n) is 4.18. The minimum Gasteiger partial charge on any atom is -0.334 e. The zero-order chi connectivity index (χ0) is 20.1. The van der Waals surface area contributed by atoms with Crippen molar-refractivity contribution in [1.82, 2.24) is 20.4 Å². The number of carbonyl (C=O) groups is 2. The normalized spacial score (nSPS) is 10.5. The Balaban J connectivity index is 1.81. The molecule has 1 aromatic heterocycles. The molecular formula is C20H19FN4O3. The van der Waals surface area contributed by atoms with Crippen molar-refractivity contribution in [2.24, 2.45) is 0 Å². The van der Waals surface area contributed by atoms with Crippen molar-refractivity contribution in [2.75, 3.05) is 13.1 Å². The molecule has 0 saturated carbocycles. The molecule has 0 aliphatic rings. The molecule has 0 fully saturated rings. The quantitative estimate of drug-likeness (QED) is 0.726. The van der Waals surface area contributed by atoms with E-state index in [1.54, 1.807) is 36.4 Å². The first-order chi connectivity index (χ1) is 13.5. The van der Waals surface area contributed by atoms with Crippen LogP contribution in [-0.2, 0) is 0 Å². The Morgan fingerprint density at radius 3 is 2.57 bits per heavy atom. The fourth-order valence-electron chi connectivity index (χ4n) is 2.64. The topological polar surface area (TPSA) is 88.3 Å². The van der Waals surface area contributed by atoms with Gasteiger partial charge in [0.1, 0.15) is 5.82 Å². The van der Waals surface area contributed by atoms with Gasteiger partial charge in [-0.2, -0.15) is 4.98 Å². The van der Waals surface area contributed by atoms with E-state index >= 15 is 0 Å². The van der Waals surface area contributed by atoms with Gasteiger partial charge in [-0.1, -0.05) is 29.4 Å². The zero-order valence-electron chi connectivity index (χ0n) is 15.5. The van der Waals surface area contributed by atoms with Crippen molar-refractivity contribution in [1.29, 1.82) is 0 Å². The van der Waals surface area contributed by atoms with Crippen molar-refractivity contribution >= 4 is 11.9 Å². The summed E-state index contributed by atoms with van der Waals surface area (Å²) in [5.41, 5.74) is 0.976. The van der Waals surface area contributed by atoms with Gasteiger partial charge in [0, 0.05) is 24.2 Å². The predicted molar refractivity (Wildman–Crippen MR) is 101 cm³/mol. The molecule has 0 unspecified atom stereocenters. The van der Waals surface area contributed by atoms with Crippen molar-refractivity contribution in [3.05, 3.63) is 59.9 Å². The second kappa shape index (κ2) is 8.43. The highest BCUT2D eigenvalue weighted by Gasteiger charge is 2.17. The van der Waals surface area contributed by atoms with E-state index in [0.717, 1.165) is 0 Å². The smallest absolute Gasteiger partial charge is 0.324 e. The highest BCUT2D eigenvalue weighted by Crippen LogP contribution is 2.24. The lowest BCUT2D eigenvalue weighted by molar-refractivity contribution is 0.0953. The molecule has 0 atom stereocenters. The maximum Gasteiger partial charge on any atom is 0.324 e. The van der Waals surface area contributed by atoms with Crippen molar-refractivity contribution in [2.45, 2.75) is 13.8 Å². The fourth-order valence-corrected chi connectivity index (χ4v) is 2.64. The van der Waals surface area contributed by atoms with Crippen LogP contribution in [-0.4, -0.2) is 40.1 Å². The molecule has 1 N–H and O–H groups in total. The second-order valence-electron chi connectivity index (χ2n) is 5.92. The lowest BCUT2D eigenvalue weighted by Crippen LogP contribution is -2.42. The summed E-state index contributed by atoms with van der Waals surface area (Å²) in [7, 11) is 0. The average molecular weight is 382 g/mol. The van der Waals surface area contributed by atoms with Gasteiger partial charge in [0.15, 0.2) is 0 Å². The van der Waals surface area contributed by atoms with Gasteiger partial charge in [0.25, 0.3) is 11.8 Å². The van der Waals surface area contributed by atoms with Gasteiger partial charge in [-0.3, -0.25) is 10.1 Å². The van der Waals surface area contributed by atoms with Crippen LogP contribution in [0.25, 0.3) is 22.8 Å². The molecule has 0 bridgehead atoms. The number of hydrogen-bond acceptors (Lipinski definition) is 5. The maximum atomic E-state index is 13.9. The van der Waals surface area contributed by atoms with E-state index in [9.17, 15) is 14.0 Å². The van der Waals surface area contributed by atoms with Gasteiger partial charge < -0.3 is 9.42 Å². The van der Waals surface area contributed by atoms with Crippen LogP contribution in [0.1, 0.15) is 24.2 Å². The Morgan fingerprint density at radius 2 is 1.86 bits per heavy atom. The zero-order valence-corrected chi connectivity index (χ0v) is 15.5. The van der Waals surface area contributed by atoms with Gasteiger partial charge in [-0.05, 0) is 38.1 Å². The number of benzene rings is 2. The first kappa shape index (κ1) is 19.2. The highest BCUT2D eigenvalue weighted by molar-refractivity contribution is 6.04. The molecule has 3 rings (SSSR count). The lowest BCUT2D eigenvalue weighted by atomic mass is 10.1. The molecule has 3 aromatic rings. The summed E-state index contributed by atoms with van der Waals surface area (Å²) in [5.74, 6) is -0.750. The number of carbonyl (C=O) groups excluding carboxylic acids is 2. The summed E-state index contributed by atoms with van der Waals surface area (Å²) in [5, 5.41) is 6.21. The summed E-state index contributed by atoms with van der Waals surface area (Å²) in [6.07, 6.45) is 0. The predicted octanol–water partition coefficient (Wildman–Crippen LogP) is 3.73. The third kappa shape index (κ3) is 4.06. The molecule has 3 amide bonds. The third-order valence-corrected chi connectivity index (χ3v) is 4.18. The SMILES string of the molecule is CCN(CC)C(=O)NC(=O)c1cccc(-c2noc(-c3ccccc3F)n2)c1. The van der Waals surface area contributed by atoms with E-state index in [-0.39, 0.29) is 22.8 Å². The first-order valence-corrected chi connectivity index (χ1v) is 8.82. The molecule has 8 heteroatoms. The van der Waals surface area contributed by atoms with Crippen molar-refractivity contribution in [3.63, 3.8) is 0 Å². The number of nitrogens with one attached hydrogen (secondary N) is 1. The van der Waals surface area contributed by atoms with Crippen molar-refractivity contribution < 1.29 is 18.5 Å². The van der Waals surface area contributed by atoms with Crippen LogP contribution < -0.4 is 5.32 Å². The number of rotatable bonds is 5. The van der Waals surface area contributed by atoms with Crippen LogP contribution >= 0.6 is 0 Å². The Kier molecular flexibility index (Phi) is 5.78. The molecule has 0 aliphatic heterocycles. The van der Waals surface area contributed by atoms with E-state index in [2.05, 4.69) is 15.5 Å². The Morgan fingerprint density at radius 1 is 1.11 bits per heavy atom. The standard InChI is InChI=1S/C20H19FN4O3/c1-3-25(4-2)20(27)23-18(26)14-9-7-8-13(12-14)17-22-19(28-24-17)15-10-5-6-11-16(15)21/h5-12H,3-4H2,1-2H3,(H,23,26,27). The summed E-state index contributed by atoms with van der Waals surface area (Å²) in [6, 6.07) is 12.1. The van der Waals surface area contributed by atoms with Crippen molar-refractivity contribution in [3.8, 4) is 22.8 Å². The van der Waals surface area contributed by atoms with Gasteiger partial charge in [0.05, 0.1) is 5.56 Å². The van der Waals surface area contributed by atoms with Gasteiger partial charge >= 0.3 is 6.03 Å². The number of halogens is 1. The highest BCUT2D eigenvalue weighted by atomic mass is 19.1. The van der Waals surface area contributed by atoms with Crippen LogP contribution in [0.3, 0.4) is 0 Å². The van der Waals surface area contributed by atoms with Crippen LogP contribution in [0.15, 0.2) is 53.1 Å². The fraction of sp³-hybridized carbons (Fsp3) is 0.200. The van der Waals surface area contributed by atoms with Crippen LogP contribution in [0, 0.1) is 5.82 Å². The van der Waals surface area contributed by atoms with E-state index in [1.807, 2.05) is 13.8 Å². The van der Waals surface area contributed by atoms with E-state index < -0.39 is 17.8 Å². The van der Waals surface area contributed by atoms with Crippen LogP contribution in [0.4, 0.5) is 9.18 Å². The average Bonchev–Trinajstić information content (AvgIpc) is 3.19. The number of amides is 3. The molecule has 7 nitrogen and oxygen atoms in total. The molecule has 1 heterocycles. The molecule has 28 heavy (non-hydrogen) atoms. The summed E-state index contributed by atoms with van der Waals surface area (Å²) in [4.78, 5) is 30.1. The number of nitrogens with zero attached hydrogens (tertiary/aromatic N) is 3. The Hall–Kier alpha value is -3.55. The summed E-state index contributed by atoms with van der Waals surface area (Å²) < 4.78 is 19.0. The monoisotopic (exact) mass is 382 g/mol. The maximum absolute atomic E-state index is 13.9. The molecule has 144 valence electrons. The molecule has 2 aromatic carbocycles. The van der Waals surface area contributed by atoms with E-state index in [0.29, 0.717) is 18.7 Å². The second-order valence-corrected chi connectivity index (χ2v) is 5.92. The largest absolute Gasteiger partial charge is 0.334 e. The number of urea groups is 1. The minimum atomic E-state index is -0.531. The van der Waals surface area contributed by atoms with Crippen LogP contribution in [0.2, 0.25) is 0 Å².